The fraction of sp³-hybridized carbons (Fsp3) is 0.467. The van der Waals surface area contributed by atoms with Crippen LogP contribution in [0.3, 0.4) is 0 Å². The van der Waals surface area contributed by atoms with Crippen molar-refractivity contribution in [2.24, 2.45) is 23.7 Å². The largest absolute Gasteiger partial charge is 0.494 e. The molecule has 0 spiro atoms. The summed E-state index contributed by atoms with van der Waals surface area (Å²) in [7, 11) is 8.52. The van der Waals surface area contributed by atoms with E-state index in [9.17, 15) is 28.8 Å². The minimum atomic E-state index is -0.706. The number of halogens is 1. The van der Waals surface area contributed by atoms with Crippen LogP contribution in [0.4, 0.5) is 22.0 Å². The number of H-pyrrole nitrogens is 1. The number of nitrogens with one attached hydrogen (secondary N) is 7. The molecule has 0 bridgehead atoms. The summed E-state index contributed by atoms with van der Waals surface area (Å²) in [6.07, 6.45) is 9.61. The number of hydrogen-bond acceptors (Lipinski definition) is 12. The number of ether oxygens (including phenoxy) is 2. The number of likely N-dealkylation sites (tertiary alicyclic amines) is 1. The van der Waals surface area contributed by atoms with Gasteiger partial charge < -0.3 is 66.4 Å². The van der Waals surface area contributed by atoms with Crippen LogP contribution in [-0.4, -0.2) is 126 Å². The highest BCUT2D eigenvalue weighted by atomic mass is 35.5. The molecule has 3 aromatic carbocycles. The first-order valence-corrected chi connectivity index (χ1v) is 28.8. The number of urea groups is 1. The van der Waals surface area contributed by atoms with E-state index in [1.807, 2.05) is 68.1 Å². The van der Waals surface area contributed by atoms with E-state index in [2.05, 4.69) is 47.1 Å². The van der Waals surface area contributed by atoms with Gasteiger partial charge in [0.15, 0.2) is 24.1 Å². The normalized spacial score (nSPS) is 14.8. The van der Waals surface area contributed by atoms with Gasteiger partial charge in [-0.05, 0) is 103 Å². The second-order valence-electron chi connectivity index (χ2n) is 21.9. The molecule has 446 valence electrons. The highest BCUT2D eigenvalue weighted by Gasteiger charge is 2.44. The van der Waals surface area contributed by atoms with Gasteiger partial charge in [-0.15, -0.1) is 0 Å². The van der Waals surface area contributed by atoms with E-state index in [1.54, 1.807) is 61.3 Å². The van der Waals surface area contributed by atoms with Gasteiger partial charge in [-0.1, -0.05) is 80.5 Å². The van der Waals surface area contributed by atoms with Gasteiger partial charge in [-0.3, -0.25) is 29.1 Å². The number of pyridine rings is 1. The van der Waals surface area contributed by atoms with Crippen molar-refractivity contribution in [3.8, 4) is 11.5 Å². The number of aromatic amines is 1. The van der Waals surface area contributed by atoms with Gasteiger partial charge in [-0.25, -0.2) is 4.79 Å². The van der Waals surface area contributed by atoms with Crippen molar-refractivity contribution in [2.75, 3.05) is 77.0 Å². The number of aromatic nitrogens is 3. The smallest absolute Gasteiger partial charge is 0.319 e. The van der Waals surface area contributed by atoms with Crippen LogP contribution in [-0.2, 0) is 33.5 Å². The van der Waals surface area contributed by atoms with Crippen molar-refractivity contribution >= 4 is 75.3 Å². The zero-order valence-corrected chi connectivity index (χ0v) is 49.8. The average Bonchev–Trinajstić information content (AvgIpc) is 4.09. The topological polar surface area (TPSA) is 275 Å². The summed E-state index contributed by atoms with van der Waals surface area (Å²) in [6, 6.07) is 21.2. The lowest BCUT2D eigenvalue weighted by Gasteiger charge is -2.34. The Morgan fingerprint density at radius 3 is 2.20 bits per heavy atom. The number of amides is 6. The summed E-state index contributed by atoms with van der Waals surface area (Å²) in [5, 5.41) is 26.3. The van der Waals surface area contributed by atoms with Crippen LogP contribution in [0.1, 0.15) is 125 Å². The molecular formula is C60H81ClN14O8. The van der Waals surface area contributed by atoms with Gasteiger partial charge in [0.1, 0.15) is 11.6 Å². The molecule has 0 aliphatic carbocycles. The summed E-state index contributed by atoms with van der Waals surface area (Å²) in [4.78, 5) is 88.2. The summed E-state index contributed by atoms with van der Waals surface area (Å²) in [5.74, 6) is 0.478. The third-order valence-electron chi connectivity index (χ3n) is 15.2. The number of aryl methyl sites for hydroxylation is 1. The van der Waals surface area contributed by atoms with Crippen molar-refractivity contribution in [3.05, 3.63) is 116 Å². The quantitative estimate of drug-likeness (QED) is 0.0149. The number of aliphatic imine (C=N–C) groups is 1. The minimum absolute atomic E-state index is 0.00535. The lowest BCUT2D eigenvalue weighted by molar-refractivity contribution is -0.126. The molecule has 22 nitrogen and oxygen atoms in total. The number of carbonyl (C=O) groups is 5. The molecule has 1 atom stereocenters. The Labute approximate surface area is 490 Å². The first-order chi connectivity index (χ1) is 39.8. The summed E-state index contributed by atoms with van der Waals surface area (Å²) < 4.78 is 12.6. The van der Waals surface area contributed by atoms with Crippen LogP contribution in [0.5, 0.6) is 11.5 Å². The molecule has 4 heterocycles. The number of likely N-dealkylation sites (N-methyl/N-ethyl adjacent to an activating group) is 2. The minimum Gasteiger partial charge on any atom is -0.494 e. The number of fused-ring (bicyclic) bond motifs is 2. The van der Waals surface area contributed by atoms with Gasteiger partial charge in [0.25, 0.3) is 17.4 Å². The Morgan fingerprint density at radius 2 is 1.55 bits per heavy atom. The Kier molecular flexibility index (Phi) is 22.0. The number of rotatable bonds is 26. The van der Waals surface area contributed by atoms with E-state index in [0.717, 1.165) is 68.2 Å². The molecule has 83 heavy (non-hydrogen) atoms. The van der Waals surface area contributed by atoms with Crippen molar-refractivity contribution in [2.45, 2.75) is 110 Å². The molecule has 2 aliphatic heterocycles. The first kappa shape index (κ1) is 62.5. The lowest BCUT2D eigenvalue weighted by atomic mass is 9.96. The molecule has 2 aromatic heterocycles. The number of carbonyl (C=O) groups excluding carboxylic acids is 5. The molecule has 1 fully saturated rings. The van der Waals surface area contributed by atoms with Crippen molar-refractivity contribution in [1.29, 1.82) is 0 Å². The van der Waals surface area contributed by atoms with Crippen LogP contribution in [0.2, 0.25) is 0 Å². The van der Waals surface area contributed by atoms with E-state index in [1.165, 1.54) is 18.7 Å². The number of allylic oxidation sites excluding steroid dienone is 1. The Hall–Kier alpha value is -8.11. The number of guanidine groups is 1. The molecule has 2 aliphatic rings. The standard InChI is InChI=1S/C60H81ClN14O8/c1-38(61)53(66-44-32-42-33-48(83-37-50(77)63-4)57(80)73(7)51(42)47(34-44)82-8)69-58(62)74-30-27-41(28-31-74)55(78)64-29-19-14-12-10-9-11-13-18-22-49(76)65-43-25-23-40(24-26-43)56(79)68-54-45-35-75(60(2,3)52(45)70-71-54)59(81)67-46(36-72(5)6)39-20-16-15-17-21-39/h15-17,20-21,23-26,32-34,41,46,66H,9-14,18-19,22,27-31,35-37H2,1-8H3,(H2,62,69)(H,63,77)(H,64,78)(H,65,76)(H,67,81)(H2,68,70,71,79)/b53-38+/t46-/m1/s1. The van der Waals surface area contributed by atoms with E-state index < -0.39 is 11.1 Å². The zero-order valence-electron chi connectivity index (χ0n) is 49.0. The van der Waals surface area contributed by atoms with E-state index in [0.29, 0.717) is 95.7 Å². The number of nitrogens with two attached hydrogens (primary N) is 1. The summed E-state index contributed by atoms with van der Waals surface area (Å²) in [5.41, 5.74) is 9.99. The first-order valence-electron chi connectivity index (χ1n) is 28.4. The number of anilines is 3. The van der Waals surface area contributed by atoms with E-state index in [-0.39, 0.29) is 66.5 Å². The Bertz CT molecular complexity index is 3200. The van der Waals surface area contributed by atoms with Gasteiger partial charge in [0, 0.05) is 86.6 Å². The molecular weight excluding hydrogens is 1080 g/mol. The lowest BCUT2D eigenvalue weighted by Crippen LogP contribution is -2.48. The summed E-state index contributed by atoms with van der Waals surface area (Å²) in [6.45, 7) is 7.90. The Balaban J connectivity index is 0.742. The van der Waals surface area contributed by atoms with Gasteiger partial charge in [0.05, 0.1) is 41.5 Å². The van der Waals surface area contributed by atoms with Crippen LogP contribution >= 0.6 is 11.6 Å². The number of hydrogen-bond donors (Lipinski definition) is 8. The van der Waals surface area contributed by atoms with Crippen LogP contribution < -0.4 is 52.7 Å². The molecule has 23 heteroatoms. The zero-order chi connectivity index (χ0) is 59.8. The van der Waals surface area contributed by atoms with Gasteiger partial charge >= 0.3 is 6.03 Å². The molecule has 0 radical (unpaired) electrons. The van der Waals surface area contributed by atoms with Crippen molar-refractivity contribution in [1.82, 2.24) is 45.4 Å². The van der Waals surface area contributed by atoms with Crippen molar-refractivity contribution < 1.29 is 33.4 Å². The molecule has 6 amide bonds. The highest BCUT2D eigenvalue weighted by molar-refractivity contribution is 6.29. The number of piperidine rings is 1. The second kappa shape index (κ2) is 29.2. The maximum atomic E-state index is 13.8. The van der Waals surface area contributed by atoms with E-state index >= 15 is 0 Å². The molecule has 9 N–H and O–H groups in total. The van der Waals surface area contributed by atoms with Gasteiger partial charge in [-0.2, -0.15) is 10.1 Å². The summed E-state index contributed by atoms with van der Waals surface area (Å²) >= 11 is 6.51. The average molecular weight is 1160 g/mol. The number of methoxy groups -OCH3 is 1. The number of nitrogens with zero attached hydrogens (tertiary/aromatic N) is 6. The van der Waals surface area contributed by atoms with Crippen LogP contribution in [0, 0.1) is 5.92 Å². The molecule has 5 aromatic rings. The maximum absolute atomic E-state index is 13.8. The number of benzene rings is 3. The molecule has 0 saturated carbocycles. The Morgan fingerprint density at radius 1 is 0.880 bits per heavy atom. The molecule has 7 rings (SSSR count). The fourth-order valence-electron chi connectivity index (χ4n) is 10.4. The van der Waals surface area contributed by atoms with E-state index in [4.69, 9.17) is 26.8 Å². The second-order valence-corrected chi connectivity index (χ2v) is 22.5. The molecule has 1 saturated heterocycles. The van der Waals surface area contributed by atoms with Crippen LogP contribution in [0.15, 0.2) is 93.4 Å². The predicted molar refractivity (Wildman–Crippen MR) is 324 cm³/mol. The van der Waals surface area contributed by atoms with Crippen LogP contribution in [0.25, 0.3) is 10.9 Å². The number of unbranched alkanes of at least 4 members (excludes halogenated alkanes) is 7. The third-order valence-corrected chi connectivity index (χ3v) is 15.3. The maximum Gasteiger partial charge on any atom is 0.319 e. The van der Waals surface area contributed by atoms with Crippen molar-refractivity contribution in [3.63, 3.8) is 0 Å². The fourth-order valence-corrected chi connectivity index (χ4v) is 10.5. The monoisotopic (exact) mass is 1160 g/mol. The third kappa shape index (κ3) is 16.6. The van der Waals surface area contributed by atoms with Gasteiger partial charge in [0.2, 0.25) is 11.8 Å². The molecule has 0 unspecified atom stereocenters. The SMILES string of the molecule is CNC(=O)COc1cc2cc(NC(/N=C(\N)N3CCC(C(=O)NCCCCCCCCCCC(=O)Nc4ccc(C(=O)Nc5n[nH]c6c5CN(C(=O)N[C@H](CN(C)C)c5ccccc5)C6(C)C)cc4)CC3)=C(/C)Cl)cc(OC)c2n(C)c1=O. The predicted octanol–water partition coefficient (Wildman–Crippen LogP) is 7.84. The highest BCUT2D eigenvalue weighted by Crippen LogP contribution is 2.41.